The topological polar surface area (TPSA) is 41.6 Å². The lowest BCUT2D eigenvalue weighted by Crippen LogP contribution is -2.44. The van der Waals surface area contributed by atoms with Crippen LogP contribution in [0.15, 0.2) is 54.6 Å². The van der Waals surface area contributed by atoms with E-state index in [1.807, 2.05) is 42.5 Å². The third-order valence-corrected chi connectivity index (χ3v) is 5.27. The Kier molecular flexibility index (Phi) is 4.70. The molecule has 2 aliphatic rings. The minimum atomic E-state index is 0.108. The Morgan fingerprint density at radius 2 is 1.76 bits per heavy atom. The van der Waals surface area contributed by atoms with E-state index in [0.29, 0.717) is 12.1 Å². The van der Waals surface area contributed by atoms with Gasteiger partial charge < -0.3 is 15.0 Å². The van der Waals surface area contributed by atoms with Crippen LogP contribution in [0, 0.1) is 0 Å². The van der Waals surface area contributed by atoms with Gasteiger partial charge in [0.05, 0.1) is 0 Å². The molecule has 4 rings (SSSR count). The molecule has 2 unspecified atom stereocenters. The summed E-state index contributed by atoms with van der Waals surface area (Å²) in [6, 6.07) is 18.8. The van der Waals surface area contributed by atoms with E-state index in [4.69, 9.17) is 4.74 Å². The summed E-state index contributed by atoms with van der Waals surface area (Å²) < 4.78 is 5.96. The first-order valence-corrected chi connectivity index (χ1v) is 9.12. The maximum Gasteiger partial charge on any atom is 0.261 e. The summed E-state index contributed by atoms with van der Waals surface area (Å²) in [5, 5.41) is 3.43. The first-order valence-electron chi connectivity index (χ1n) is 9.12. The SMILES string of the molecule is O=C(COc1ccccc1-c1ccccc1)N1C2CCNCC1CC2. The number of hydrogen-bond donors (Lipinski definition) is 1. The second kappa shape index (κ2) is 7.28. The number of benzene rings is 2. The number of ether oxygens (including phenoxy) is 1. The average Bonchev–Trinajstić information content (AvgIpc) is 2.93. The molecular weight excluding hydrogens is 312 g/mol. The molecular formula is C21H24N2O2. The van der Waals surface area contributed by atoms with Crippen molar-refractivity contribution in [2.75, 3.05) is 19.7 Å². The van der Waals surface area contributed by atoms with E-state index in [1.54, 1.807) is 0 Å². The molecule has 0 saturated carbocycles. The van der Waals surface area contributed by atoms with E-state index in [1.165, 1.54) is 0 Å². The van der Waals surface area contributed by atoms with Gasteiger partial charge in [-0.15, -0.1) is 0 Å². The van der Waals surface area contributed by atoms with E-state index in [-0.39, 0.29) is 12.5 Å². The zero-order valence-electron chi connectivity index (χ0n) is 14.4. The fraction of sp³-hybridized carbons (Fsp3) is 0.381. The Labute approximate surface area is 148 Å². The molecule has 1 amide bonds. The largest absolute Gasteiger partial charge is 0.483 e. The molecule has 4 heteroatoms. The van der Waals surface area contributed by atoms with Crippen LogP contribution in [0.5, 0.6) is 5.75 Å². The molecule has 0 radical (unpaired) electrons. The van der Waals surface area contributed by atoms with Crippen LogP contribution in [0.1, 0.15) is 19.3 Å². The molecule has 4 nitrogen and oxygen atoms in total. The highest BCUT2D eigenvalue weighted by Crippen LogP contribution is 2.31. The second-order valence-electron chi connectivity index (χ2n) is 6.83. The maximum absolute atomic E-state index is 12.8. The van der Waals surface area contributed by atoms with E-state index < -0.39 is 0 Å². The summed E-state index contributed by atoms with van der Waals surface area (Å²) in [7, 11) is 0. The lowest BCUT2D eigenvalue weighted by atomic mass is 10.1. The highest BCUT2D eigenvalue weighted by atomic mass is 16.5. The summed E-state index contributed by atoms with van der Waals surface area (Å²) in [6.07, 6.45) is 3.27. The van der Waals surface area contributed by atoms with Crippen molar-refractivity contribution < 1.29 is 9.53 Å². The molecule has 2 atom stereocenters. The van der Waals surface area contributed by atoms with Crippen LogP contribution in [-0.2, 0) is 4.79 Å². The van der Waals surface area contributed by atoms with E-state index >= 15 is 0 Å². The Morgan fingerprint density at radius 1 is 1.00 bits per heavy atom. The normalized spacial score (nSPS) is 22.5. The highest BCUT2D eigenvalue weighted by molar-refractivity contribution is 5.79. The average molecular weight is 336 g/mol. The molecule has 2 aliphatic heterocycles. The molecule has 2 aromatic carbocycles. The van der Waals surface area contributed by atoms with Crippen LogP contribution in [0.2, 0.25) is 0 Å². The van der Waals surface area contributed by atoms with Gasteiger partial charge in [-0.1, -0.05) is 48.5 Å². The van der Waals surface area contributed by atoms with Gasteiger partial charge >= 0.3 is 0 Å². The van der Waals surface area contributed by atoms with Crippen LogP contribution in [0.25, 0.3) is 11.1 Å². The molecule has 0 aromatic heterocycles. The molecule has 2 aromatic rings. The molecule has 2 fully saturated rings. The highest BCUT2D eigenvalue weighted by Gasteiger charge is 2.37. The number of amides is 1. The van der Waals surface area contributed by atoms with Crippen LogP contribution in [0.3, 0.4) is 0 Å². The van der Waals surface area contributed by atoms with Gasteiger partial charge in [0.25, 0.3) is 5.91 Å². The Bertz CT molecular complexity index is 718. The fourth-order valence-electron chi connectivity index (χ4n) is 4.05. The maximum atomic E-state index is 12.8. The number of carbonyl (C=O) groups excluding carboxylic acids is 1. The predicted octanol–water partition coefficient (Wildman–Crippen LogP) is 3.09. The molecule has 2 saturated heterocycles. The van der Waals surface area contributed by atoms with Gasteiger partial charge in [0.15, 0.2) is 6.61 Å². The Balaban J connectivity index is 1.48. The molecule has 0 spiro atoms. The van der Waals surface area contributed by atoms with Crippen LogP contribution >= 0.6 is 0 Å². The standard InChI is InChI=1S/C21H24N2O2/c24-21(23-17-10-11-18(23)14-22-13-12-17)15-25-20-9-5-4-8-19(20)16-6-2-1-3-7-16/h1-9,17-18,22H,10-15H2. The van der Waals surface area contributed by atoms with Crippen molar-refractivity contribution in [2.24, 2.45) is 0 Å². The van der Waals surface area contributed by atoms with Crippen molar-refractivity contribution in [1.82, 2.24) is 10.2 Å². The minimum absolute atomic E-state index is 0.108. The van der Waals surface area contributed by atoms with E-state index in [9.17, 15) is 4.79 Å². The fourth-order valence-corrected chi connectivity index (χ4v) is 4.05. The zero-order chi connectivity index (χ0) is 17.1. The van der Waals surface area contributed by atoms with E-state index in [2.05, 4.69) is 22.3 Å². The molecule has 2 bridgehead atoms. The van der Waals surface area contributed by atoms with Crippen molar-refractivity contribution in [2.45, 2.75) is 31.3 Å². The van der Waals surface area contributed by atoms with Crippen molar-refractivity contribution in [1.29, 1.82) is 0 Å². The number of hydrogen-bond acceptors (Lipinski definition) is 3. The Hall–Kier alpha value is -2.33. The number of rotatable bonds is 4. The third kappa shape index (κ3) is 3.40. The van der Waals surface area contributed by atoms with Gasteiger partial charge in [0.2, 0.25) is 0 Å². The number of fused-ring (bicyclic) bond motifs is 2. The molecule has 25 heavy (non-hydrogen) atoms. The molecule has 2 heterocycles. The molecule has 130 valence electrons. The molecule has 0 aliphatic carbocycles. The Morgan fingerprint density at radius 3 is 2.64 bits per heavy atom. The van der Waals surface area contributed by atoms with Crippen molar-refractivity contribution in [3.63, 3.8) is 0 Å². The van der Waals surface area contributed by atoms with Gasteiger partial charge in [-0.3, -0.25) is 4.79 Å². The summed E-state index contributed by atoms with van der Waals surface area (Å²) in [5.74, 6) is 0.876. The summed E-state index contributed by atoms with van der Waals surface area (Å²) in [4.78, 5) is 14.9. The smallest absolute Gasteiger partial charge is 0.261 e. The number of nitrogens with zero attached hydrogens (tertiary/aromatic N) is 1. The third-order valence-electron chi connectivity index (χ3n) is 5.27. The molecule has 1 N–H and O–H groups in total. The van der Waals surface area contributed by atoms with E-state index in [0.717, 1.165) is 49.2 Å². The lowest BCUT2D eigenvalue weighted by molar-refractivity contribution is -0.135. The minimum Gasteiger partial charge on any atom is -0.483 e. The number of carbonyl (C=O) groups is 1. The van der Waals surface area contributed by atoms with Crippen LogP contribution in [0.4, 0.5) is 0 Å². The van der Waals surface area contributed by atoms with Crippen molar-refractivity contribution >= 4 is 5.91 Å². The predicted molar refractivity (Wildman–Crippen MR) is 98.5 cm³/mol. The van der Waals surface area contributed by atoms with Gasteiger partial charge in [-0.25, -0.2) is 0 Å². The van der Waals surface area contributed by atoms with Crippen LogP contribution < -0.4 is 10.1 Å². The second-order valence-corrected chi connectivity index (χ2v) is 6.83. The van der Waals surface area contributed by atoms with Gasteiger partial charge in [-0.2, -0.15) is 0 Å². The lowest BCUT2D eigenvalue weighted by Gasteiger charge is -2.28. The first-order chi connectivity index (χ1) is 12.3. The monoisotopic (exact) mass is 336 g/mol. The summed E-state index contributed by atoms with van der Waals surface area (Å²) >= 11 is 0. The van der Waals surface area contributed by atoms with Gasteiger partial charge in [-0.05, 0) is 37.4 Å². The quantitative estimate of drug-likeness (QED) is 0.933. The number of nitrogens with one attached hydrogen (secondary N) is 1. The summed E-state index contributed by atoms with van der Waals surface area (Å²) in [5.41, 5.74) is 2.13. The van der Waals surface area contributed by atoms with Crippen molar-refractivity contribution in [3.8, 4) is 16.9 Å². The summed E-state index contributed by atoms with van der Waals surface area (Å²) in [6.45, 7) is 2.02. The van der Waals surface area contributed by atoms with Crippen LogP contribution in [-0.4, -0.2) is 42.6 Å². The first kappa shape index (κ1) is 16.2. The zero-order valence-corrected chi connectivity index (χ0v) is 14.4. The van der Waals surface area contributed by atoms with Gasteiger partial charge in [0, 0.05) is 24.2 Å². The van der Waals surface area contributed by atoms with Gasteiger partial charge in [0.1, 0.15) is 5.75 Å². The van der Waals surface area contributed by atoms with Crippen molar-refractivity contribution in [3.05, 3.63) is 54.6 Å². The number of para-hydroxylation sites is 1.